The van der Waals surface area contributed by atoms with Crippen molar-refractivity contribution in [2.24, 2.45) is 0 Å². The van der Waals surface area contributed by atoms with E-state index in [9.17, 15) is 5.11 Å². The van der Waals surface area contributed by atoms with Crippen molar-refractivity contribution in [1.29, 1.82) is 0 Å². The second-order valence-corrected chi connectivity index (χ2v) is 6.85. The topological polar surface area (TPSA) is 41.5 Å². The Bertz CT molecular complexity index is 892. The van der Waals surface area contributed by atoms with Gasteiger partial charge in [-0.05, 0) is 24.3 Å². The first-order valence-corrected chi connectivity index (χ1v) is 9.04. The Kier molecular flexibility index (Phi) is 6.15. The zero-order valence-electron chi connectivity index (χ0n) is 13.7. The van der Waals surface area contributed by atoms with Crippen molar-refractivity contribution in [2.75, 3.05) is 5.32 Å². The second kappa shape index (κ2) is 8.54. The van der Waals surface area contributed by atoms with Gasteiger partial charge in [-0.25, -0.2) is 0 Å². The highest BCUT2D eigenvalue weighted by Crippen LogP contribution is 2.35. The molecule has 26 heavy (non-hydrogen) atoms. The fourth-order valence-electron chi connectivity index (χ4n) is 2.43. The highest BCUT2D eigenvalue weighted by molar-refractivity contribution is 6.37. The van der Waals surface area contributed by atoms with Gasteiger partial charge in [-0.15, -0.1) is 0 Å². The number of halogens is 3. The van der Waals surface area contributed by atoms with E-state index in [4.69, 9.17) is 39.5 Å². The molecule has 0 heterocycles. The van der Waals surface area contributed by atoms with E-state index in [2.05, 4.69) is 5.32 Å². The van der Waals surface area contributed by atoms with E-state index >= 15 is 0 Å². The number of para-hydroxylation sites is 1. The van der Waals surface area contributed by atoms with Crippen molar-refractivity contribution in [2.45, 2.75) is 13.2 Å². The molecule has 0 aromatic heterocycles. The number of hydrogen-bond donors (Lipinski definition) is 2. The Balaban J connectivity index is 1.70. The van der Waals surface area contributed by atoms with Crippen molar-refractivity contribution >= 4 is 40.5 Å². The van der Waals surface area contributed by atoms with E-state index < -0.39 is 0 Å². The molecule has 0 saturated carbocycles. The molecule has 0 saturated heterocycles. The Hall–Kier alpha value is -2.07. The summed E-state index contributed by atoms with van der Waals surface area (Å²) in [5.41, 5.74) is 2.60. The molecule has 3 nitrogen and oxygen atoms in total. The zero-order chi connectivity index (χ0) is 18.5. The number of nitrogens with one attached hydrogen (secondary N) is 1. The molecule has 3 aromatic carbocycles. The average Bonchev–Trinajstić information content (AvgIpc) is 2.64. The predicted octanol–water partition coefficient (Wildman–Crippen LogP) is 6.54. The summed E-state index contributed by atoms with van der Waals surface area (Å²) in [5.74, 6) is 0.637. The summed E-state index contributed by atoms with van der Waals surface area (Å²) in [6.45, 7) is 0.893. The van der Waals surface area contributed by atoms with E-state index in [1.165, 1.54) is 0 Å². The maximum atomic E-state index is 9.64. The number of aromatic hydroxyl groups is 1. The van der Waals surface area contributed by atoms with Crippen LogP contribution in [0.1, 0.15) is 11.1 Å². The Morgan fingerprint density at radius 1 is 0.808 bits per heavy atom. The van der Waals surface area contributed by atoms with Crippen LogP contribution in [0.15, 0.2) is 60.7 Å². The van der Waals surface area contributed by atoms with Crippen molar-refractivity contribution in [3.63, 3.8) is 0 Å². The summed E-state index contributed by atoms with van der Waals surface area (Å²) in [4.78, 5) is 0. The number of anilines is 1. The Morgan fingerprint density at radius 3 is 2.12 bits per heavy atom. The molecule has 0 bridgehead atoms. The molecular formula is C20H16Cl3NO2. The first kappa shape index (κ1) is 18.7. The van der Waals surface area contributed by atoms with Gasteiger partial charge in [0, 0.05) is 28.4 Å². The summed E-state index contributed by atoms with van der Waals surface area (Å²) in [6, 6.07) is 18.6. The average molecular weight is 409 g/mol. The maximum Gasteiger partial charge on any atom is 0.152 e. The minimum absolute atomic E-state index is 0.123. The van der Waals surface area contributed by atoms with Gasteiger partial charge < -0.3 is 15.2 Å². The molecule has 6 heteroatoms. The molecular weight excluding hydrogens is 393 g/mol. The minimum atomic E-state index is -0.123. The second-order valence-electron chi connectivity index (χ2n) is 5.63. The fraction of sp³-hybridized carbons (Fsp3) is 0.100. The molecule has 0 atom stereocenters. The number of hydrogen-bond acceptors (Lipinski definition) is 3. The molecule has 0 aliphatic heterocycles. The summed E-state index contributed by atoms with van der Waals surface area (Å²) in [7, 11) is 0. The number of benzene rings is 3. The Labute approximate surface area is 167 Å². The maximum absolute atomic E-state index is 9.64. The molecule has 0 unspecified atom stereocenters. The lowest BCUT2D eigenvalue weighted by molar-refractivity contribution is 0.303. The highest BCUT2D eigenvalue weighted by atomic mass is 35.5. The molecule has 3 aromatic rings. The highest BCUT2D eigenvalue weighted by Gasteiger charge is 2.08. The van der Waals surface area contributed by atoms with Crippen LogP contribution in [0.25, 0.3) is 0 Å². The van der Waals surface area contributed by atoms with Gasteiger partial charge in [0.2, 0.25) is 0 Å². The fourth-order valence-corrected chi connectivity index (χ4v) is 3.10. The molecule has 0 aliphatic carbocycles. The summed E-state index contributed by atoms with van der Waals surface area (Å²) < 4.78 is 5.94. The monoisotopic (exact) mass is 407 g/mol. The third kappa shape index (κ3) is 4.55. The number of ether oxygens (including phenoxy) is 1. The van der Waals surface area contributed by atoms with Gasteiger partial charge in [-0.1, -0.05) is 71.2 Å². The van der Waals surface area contributed by atoms with E-state index in [0.717, 1.165) is 16.9 Å². The van der Waals surface area contributed by atoms with Crippen LogP contribution in [-0.4, -0.2) is 5.11 Å². The SMILES string of the molecule is Oc1c(Cl)cc(NCc2ccccc2OCc2ccccc2Cl)cc1Cl. The van der Waals surface area contributed by atoms with Crippen LogP contribution < -0.4 is 10.1 Å². The molecule has 0 spiro atoms. The van der Waals surface area contributed by atoms with Crippen molar-refractivity contribution < 1.29 is 9.84 Å². The summed E-state index contributed by atoms with van der Waals surface area (Å²) in [6.07, 6.45) is 0. The van der Waals surface area contributed by atoms with Gasteiger partial charge in [0.05, 0.1) is 10.0 Å². The smallest absolute Gasteiger partial charge is 0.152 e. The minimum Gasteiger partial charge on any atom is -0.505 e. The molecule has 0 radical (unpaired) electrons. The lowest BCUT2D eigenvalue weighted by atomic mass is 10.2. The molecule has 0 aliphatic rings. The van der Waals surface area contributed by atoms with Crippen LogP contribution in [0.3, 0.4) is 0 Å². The van der Waals surface area contributed by atoms with Gasteiger partial charge in [-0.3, -0.25) is 0 Å². The van der Waals surface area contributed by atoms with E-state index in [1.807, 2.05) is 48.5 Å². The summed E-state index contributed by atoms with van der Waals surface area (Å²) in [5, 5.41) is 13.9. The third-order valence-corrected chi connectivity index (χ3v) is 4.76. The predicted molar refractivity (Wildman–Crippen MR) is 108 cm³/mol. The van der Waals surface area contributed by atoms with Gasteiger partial charge in [0.15, 0.2) is 5.75 Å². The zero-order valence-corrected chi connectivity index (χ0v) is 15.9. The van der Waals surface area contributed by atoms with Crippen molar-refractivity contribution in [3.05, 3.63) is 86.9 Å². The van der Waals surface area contributed by atoms with Crippen LogP contribution in [0, 0.1) is 0 Å². The van der Waals surface area contributed by atoms with Crippen LogP contribution >= 0.6 is 34.8 Å². The summed E-state index contributed by atoms with van der Waals surface area (Å²) >= 11 is 18.1. The van der Waals surface area contributed by atoms with E-state index in [0.29, 0.717) is 23.9 Å². The van der Waals surface area contributed by atoms with Gasteiger partial charge in [-0.2, -0.15) is 0 Å². The number of rotatable bonds is 6. The van der Waals surface area contributed by atoms with Gasteiger partial charge in [0.25, 0.3) is 0 Å². The lowest BCUT2D eigenvalue weighted by Crippen LogP contribution is -2.04. The van der Waals surface area contributed by atoms with Crippen LogP contribution in [0.4, 0.5) is 5.69 Å². The molecule has 0 fully saturated rings. The molecule has 3 rings (SSSR count). The van der Waals surface area contributed by atoms with Gasteiger partial charge in [0.1, 0.15) is 12.4 Å². The normalized spacial score (nSPS) is 10.6. The number of phenolic OH excluding ortho intramolecular Hbond substituents is 1. The Morgan fingerprint density at radius 2 is 1.42 bits per heavy atom. The van der Waals surface area contributed by atoms with Crippen molar-refractivity contribution in [1.82, 2.24) is 0 Å². The first-order valence-electron chi connectivity index (χ1n) is 7.90. The first-order chi connectivity index (χ1) is 12.5. The van der Waals surface area contributed by atoms with E-state index in [1.54, 1.807) is 12.1 Å². The van der Waals surface area contributed by atoms with Crippen LogP contribution in [0.5, 0.6) is 11.5 Å². The van der Waals surface area contributed by atoms with Crippen LogP contribution in [0.2, 0.25) is 15.1 Å². The standard InChI is InChI=1S/C20H16Cl3NO2/c21-16-7-3-1-6-14(16)12-26-19-8-4-2-5-13(19)11-24-15-9-17(22)20(25)18(23)10-15/h1-10,24-25H,11-12H2. The van der Waals surface area contributed by atoms with Crippen LogP contribution in [-0.2, 0) is 13.2 Å². The van der Waals surface area contributed by atoms with Gasteiger partial charge >= 0.3 is 0 Å². The lowest BCUT2D eigenvalue weighted by Gasteiger charge is -2.14. The van der Waals surface area contributed by atoms with Crippen molar-refractivity contribution in [3.8, 4) is 11.5 Å². The molecule has 0 amide bonds. The largest absolute Gasteiger partial charge is 0.505 e. The third-order valence-electron chi connectivity index (χ3n) is 3.81. The van der Waals surface area contributed by atoms with E-state index in [-0.39, 0.29) is 15.8 Å². The quantitative estimate of drug-likeness (QED) is 0.455. The number of phenols is 1. The molecule has 134 valence electrons. The molecule has 2 N–H and O–H groups in total.